The zero-order chi connectivity index (χ0) is 11.4. The van der Waals surface area contributed by atoms with Gasteiger partial charge in [0.2, 0.25) is 0 Å². The summed E-state index contributed by atoms with van der Waals surface area (Å²) in [6.07, 6.45) is 2.28. The van der Waals surface area contributed by atoms with Gasteiger partial charge in [0.15, 0.2) is 0 Å². The van der Waals surface area contributed by atoms with E-state index in [1.807, 2.05) is 25.1 Å². The first-order chi connectivity index (χ1) is 7.04. The fourth-order valence-electron chi connectivity index (χ4n) is 1.18. The number of hydrogen-bond acceptors (Lipinski definition) is 1. The molecule has 1 unspecified atom stereocenters. The van der Waals surface area contributed by atoms with Crippen LogP contribution in [0.2, 0.25) is 0 Å². The summed E-state index contributed by atoms with van der Waals surface area (Å²) in [5.41, 5.74) is 1.42. The zero-order valence-electron chi connectivity index (χ0n) is 8.33. The van der Waals surface area contributed by atoms with Crippen LogP contribution in [0.25, 0.3) is 6.08 Å². The molecule has 1 rings (SSSR count). The number of aliphatic carboxylic acids is 1. The first-order valence-electron chi connectivity index (χ1n) is 4.53. The first kappa shape index (κ1) is 12.5. The second-order valence-corrected chi connectivity index (χ2v) is 5.32. The van der Waals surface area contributed by atoms with E-state index < -0.39 is 5.97 Å². The third kappa shape index (κ3) is 3.51. The molecular formula is C11H12AsBrO2. The fourth-order valence-corrected chi connectivity index (χ4v) is 2.82. The molecule has 0 saturated carbocycles. The maximum atomic E-state index is 10.8. The quantitative estimate of drug-likeness (QED) is 0.675. The molecule has 1 atom stereocenters. The molecule has 2 nitrogen and oxygen atoms in total. The Morgan fingerprint density at radius 3 is 2.73 bits per heavy atom. The first-order valence-corrected chi connectivity index (χ1v) is 6.54. The van der Waals surface area contributed by atoms with Gasteiger partial charge >= 0.3 is 106 Å². The van der Waals surface area contributed by atoms with Crippen LogP contribution < -0.4 is 4.35 Å². The molecule has 1 aromatic carbocycles. The Hall–Kier alpha value is -0.532. The van der Waals surface area contributed by atoms with E-state index in [0.29, 0.717) is 12.0 Å². The van der Waals surface area contributed by atoms with Crippen LogP contribution in [0.5, 0.6) is 0 Å². The third-order valence-electron chi connectivity index (χ3n) is 2.03. The number of carboxylic acids is 1. The summed E-state index contributed by atoms with van der Waals surface area (Å²) in [7, 11) is 0. The molecule has 4 heteroatoms. The van der Waals surface area contributed by atoms with Crippen molar-refractivity contribution in [1.82, 2.24) is 0 Å². The Morgan fingerprint density at radius 2 is 2.27 bits per heavy atom. The molecule has 0 heterocycles. The van der Waals surface area contributed by atoms with Crippen LogP contribution in [-0.2, 0) is 4.79 Å². The van der Waals surface area contributed by atoms with Crippen molar-refractivity contribution in [2.45, 2.75) is 13.3 Å². The number of hydrogen-bond donors (Lipinski definition) is 1. The molecular weight excluding hydrogens is 319 g/mol. The average molecular weight is 331 g/mol. The Bertz CT molecular complexity index is 413. The van der Waals surface area contributed by atoms with E-state index in [1.165, 1.54) is 16.9 Å². The van der Waals surface area contributed by atoms with Crippen molar-refractivity contribution in [1.29, 1.82) is 0 Å². The van der Waals surface area contributed by atoms with Gasteiger partial charge in [0.05, 0.1) is 0 Å². The van der Waals surface area contributed by atoms with Crippen LogP contribution in [0.1, 0.15) is 18.9 Å². The molecule has 0 aromatic heterocycles. The Morgan fingerprint density at radius 1 is 1.60 bits per heavy atom. The number of carboxylic acid groups (broad SMARTS) is 1. The number of carbonyl (C=O) groups is 1. The van der Waals surface area contributed by atoms with Gasteiger partial charge in [-0.15, -0.1) is 0 Å². The standard InChI is InChI=1S/C11H12AsBrO2/c1-2-7(11(14)15)5-8-3-4-9(13)6-10(8)12/h3-6H,2,12H2,1H3,(H,14,15). The van der Waals surface area contributed by atoms with Crippen LogP contribution in [0.3, 0.4) is 0 Å². The van der Waals surface area contributed by atoms with Crippen molar-refractivity contribution in [2.75, 3.05) is 0 Å². The molecule has 0 saturated heterocycles. The average Bonchev–Trinajstić information content (AvgIpc) is 2.16. The molecule has 80 valence electrons. The summed E-state index contributed by atoms with van der Waals surface area (Å²) in [6.45, 7) is 1.85. The molecule has 0 spiro atoms. The van der Waals surface area contributed by atoms with Crippen LogP contribution in [-0.4, -0.2) is 27.9 Å². The van der Waals surface area contributed by atoms with Gasteiger partial charge in [-0.1, -0.05) is 0 Å². The fraction of sp³-hybridized carbons (Fsp3) is 0.182. The molecule has 1 aromatic rings. The Balaban J connectivity index is 3.12. The van der Waals surface area contributed by atoms with E-state index in [9.17, 15) is 4.79 Å². The summed E-state index contributed by atoms with van der Waals surface area (Å²) < 4.78 is 2.15. The SMILES string of the molecule is CCC(=Cc1ccc(Br)cc1[AsH2])C(=O)O. The minimum atomic E-state index is -0.840. The molecule has 1 N–H and O–H groups in total. The van der Waals surface area contributed by atoms with Gasteiger partial charge < -0.3 is 0 Å². The summed E-state index contributed by atoms with van der Waals surface area (Å²) in [6, 6.07) is 5.85. The molecule has 15 heavy (non-hydrogen) atoms. The van der Waals surface area contributed by atoms with Crippen LogP contribution in [0.4, 0.5) is 0 Å². The normalized spacial score (nSPS) is 11.5. The van der Waals surface area contributed by atoms with Crippen molar-refractivity contribution < 1.29 is 9.90 Å². The van der Waals surface area contributed by atoms with Gasteiger partial charge in [0.1, 0.15) is 0 Å². The second kappa shape index (κ2) is 5.52. The molecule has 0 aliphatic heterocycles. The van der Waals surface area contributed by atoms with Crippen molar-refractivity contribution in [3.8, 4) is 0 Å². The second-order valence-electron chi connectivity index (χ2n) is 3.10. The van der Waals surface area contributed by atoms with E-state index in [0.717, 1.165) is 14.4 Å². The van der Waals surface area contributed by atoms with Crippen molar-refractivity contribution in [3.63, 3.8) is 0 Å². The maximum absolute atomic E-state index is 10.8. The van der Waals surface area contributed by atoms with E-state index in [1.54, 1.807) is 6.08 Å². The Kier molecular flexibility index (Phi) is 4.62. The monoisotopic (exact) mass is 330 g/mol. The number of rotatable bonds is 3. The third-order valence-corrected chi connectivity index (χ3v) is 3.58. The molecule has 0 radical (unpaired) electrons. The van der Waals surface area contributed by atoms with E-state index in [-0.39, 0.29) is 0 Å². The predicted molar refractivity (Wildman–Crippen MR) is 68.2 cm³/mol. The molecule has 0 fully saturated rings. The van der Waals surface area contributed by atoms with E-state index in [4.69, 9.17) is 5.11 Å². The van der Waals surface area contributed by atoms with Gasteiger partial charge in [0, 0.05) is 0 Å². The van der Waals surface area contributed by atoms with Gasteiger partial charge in [-0.25, -0.2) is 0 Å². The molecule has 0 amide bonds. The van der Waals surface area contributed by atoms with Crippen molar-refractivity contribution in [3.05, 3.63) is 33.8 Å². The van der Waals surface area contributed by atoms with E-state index >= 15 is 0 Å². The zero-order valence-corrected chi connectivity index (χ0v) is 12.3. The van der Waals surface area contributed by atoms with Crippen LogP contribution in [0.15, 0.2) is 28.2 Å². The van der Waals surface area contributed by atoms with Gasteiger partial charge in [-0.3, -0.25) is 0 Å². The number of halogens is 1. The van der Waals surface area contributed by atoms with Crippen LogP contribution >= 0.6 is 15.9 Å². The van der Waals surface area contributed by atoms with Gasteiger partial charge in [-0.05, 0) is 0 Å². The molecule has 0 aliphatic carbocycles. The molecule has 0 aliphatic rings. The van der Waals surface area contributed by atoms with E-state index in [2.05, 4.69) is 15.9 Å². The summed E-state index contributed by atoms with van der Waals surface area (Å²) >= 11 is 4.87. The number of benzene rings is 1. The Labute approximate surface area is 106 Å². The van der Waals surface area contributed by atoms with Gasteiger partial charge in [0.25, 0.3) is 0 Å². The predicted octanol–water partition coefficient (Wildman–Crippen LogP) is 1.59. The van der Waals surface area contributed by atoms with Crippen molar-refractivity contribution >= 4 is 49.2 Å². The topological polar surface area (TPSA) is 37.3 Å². The summed E-state index contributed by atoms with van der Waals surface area (Å²) in [5.74, 6) is -0.840. The minimum absolute atomic E-state index is 0.441. The molecule has 0 bridgehead atoms. The summed E-state index contributed by atoms with van der Waals surface area (Å²) in [4.78, 5) is 10.8. The van der Waals surface area contributed by atoms with Crippen LogP contribution in [0, 0.1) is 0 Å². The van der Waals surface area contributed by atoms with Gasteiger partial charge in [-0.2, -0.15) is 0 Å². The van der Waals surface area contributed by atoms with Crippen molar-refractivity contribution in [2.24, 2.45) is 0 Å². The summed E-state index contributed by atoms with van der Waals surface area (Å²) in [5, 5.41) is 8.91.